The standard InChI is InChI=1S/C6H10O8S.2Na/c7-3-1-4(6(8)9)13-2-5(3)14-15(10,11)12;;/h3-5,7H,1-2H2,(H,8,9)(H,10,11,12);;/q;2*+1/p-2. The molecule has 3 atom stereocenters. The van der Waals surface area contributed by atoms with Gasteiger partial charge in [-0.25, -0.2) is 8.42 Å². The molecular formula is C6H8Na2O8S. The molecule has 1 aliphatic heterocycles. The Kier molecular flexibility index (Phi) is 10.2. The molecule has 0 aromatic carbocycles. The number of aliphatic carboxylic acids is 1. The zero-order valence-corrected chi connectivity index (χ0v) is 14.2. The summed E-state index contributed by atoms with van der Waals surface area (Å²) < 4.78 is 39.1. The van der Waals surface area contributed by atoms with Gasteiger partial charge in [-0.15, -0.1) is 0 Å². The second kappa shape index (κ2) is 8.43. The monoisotopic (exact) mass is 286 g/mol. The van der Waals surface area contributed by atoms with Crippen LogP contribution < -0.4 is 64.2 Å². The predicted molar refractivity (Wildman–Crippen MR) is 39.9 cm³/mol. The SMILES string of the molecule is O=C([O-])C1CC(O)C(OS(=O)(=O)[O-])CO1.[Na+].[Na+]. The van der Waals surface area contributed by atoms with Crippen LogP contribution in [0.3, 0.4) is 0 Å². The van der Waals surface area contributed by atoms with Crippen molar-refractivity contribution >= 4 is 16.4 Å². The van der Waals surface area contributed by atoms with Crippen molar-refractivity contribution < 1.29 is 96.0 Å². The average Bonchev–Trinajstić information content (AvgIpc) is 2.05. The van der Waals surface area contributed by atoms with Crippen LogP contribution >= 0.6 is 0 Å². The molecule has 0 aliphatic carbocycles. The van der Waals surface area contributed by atoms with Crippen molar-refractivity contribution in [2.45, 2.75) is 24.7 Å². The normalized spacial score (nSPS) is 28.7. The molecule has 1 N–H and O–H groups in total. The first kappa shape index (κ1) is 20.6. The Labute approximate surface area is 142 Å². The number of hydrogen-bond acceptors (Lipinski definition) is 8. The maximum absolute atomic E-state index is 10.3. The summed E-state index contributed by atoms with van der Waals surface area (Å²) in [7, 11) is -4.95. The Morgan fingerprint density at radius 2 is 1.94 bits per heavy atom. The van der Waals surface area contributed by atoms with Gasteiger partial charge in [-0.3, -0.25) is 4.18 Å². The first-order valence-electron chi connectivity index (χ1n) is 3.94. The maximum atomic E-state index is 10.3. The molecule has 0 saturated carbocycles. The third kappa shape index (κ3) is 7.43. The van der Waals surface area contributed by atoms with E-state index in [0.717, 1.165) is 0 Å². The summed E-state index contributed by atoms with van der Waals surface area (Å²) in [6.07, 6.45) is -4.48. The number of aliphatic hydroxyl groups is 1. The number of hydrogen-bond donors (Lipinski definition) is 1. The van der Waals surface area contributed by atoms with Crippen LogP contribution in [0.5, 0.6) is 0 Å². The molecule has 0 spiro atoms. The van der Waals surface area contributed by atoms with E-state index in [-0.39, 0.29) is 65.5 Å². The van der Waals surface area contributed by atoms with Gasteiger partial charge in [0.15, 0.2) is 0 Å². The molecule has 0 radical (unpaired) electrons. The smallest absolute Gasteiger partial charge is 0.726 e. The van der Waals surface area contributed by atoms with Crippen LogP contribution in [0.15, 0.2) is 0 Å². The summed E-state index contributed by atoms with van der Waals surface area (Å²) in [6, 6.07) is 0. The molecule has 1 aliphatic rings. The van der Waals surface area contributed by atoms with Crippen molar-refractivity contribution in [2.24, 2.45) is 0 Å². The number of carbonyl (C=O) groups excluding carboxylic acids is 1. The molecule has 0 bridgehead atoms. The maximum Gasteiger partial charge on any atom is 1.00 e. The number of aliphatic hydroxyl groups excluding tert-OH is 1. The Bertz CT molecular complexity index is 344. The fourth-order valence-corrected chi connectivity index (χ4v) is 1.66. The summed E-state index contributed by atoms with van der Waals surface area (Å²) >= 11 is 0. The van der Waals surface area contributed by atoms with Gasteiger partial charge < -0.3 is 24.3 Å². The van der Waals surface area contributed by atoms with Gasteiger partial charge in [-0.05, 0) is 0 Å². The number of ether oxygens (including phenoxy) is 1. The molecule has 11 heteroatoms. The molecule has 1 rings (SSSR count). The zero-order chi connectivity index (χ0) is 11.6. The van der Waals surface area contributed by atoms with Crippen LogP contribution in [-0.2, 0) is 24.1 Å². The summed E-state index contributed by atoms with van der Waals surface area (Å²) in [4.78, 5) is 10.3. The fraction of sp³-hybridized carbons (Fsp3) is 0.833. The Hall–Kier alpha value is 1.26. The van der Waals surface area contributed by atoms with Gasteiger partial charge in [-0.2, -0.15) is 0 Å². The topological polar surface area (TPSA) is 136 Å². The third-order valence-corrected chi connectivity index (χ3v) is 2.33. The van der Waals surface area contributed by atoms with Gasteiger partial charge in [0.25, 0.3) is 0 Å². The second-order valence-corrected chi connectivity index (χ2v) is 4.00. The summed E-state index contributed by atoms with van der Waals surface area (Å²) in [5, 5.41) is 19.6. The number of rotatable bonds is 3. The van der Waals surface area contributed by atoms with Crippen LogP contribution in [0.25, 0.3) is 0 Å². The van der Waals surface area contributed by atoms with E-state index in [0.29, 0.717) is 0 Å². The first-order chi connectivity index (χ1) is 6.79. The molecular weight excluding hydrogens is 278 g/mol. The summed E-state index contributed by atoms with van der Waals surface area (Å²) in [5.74, 6) is -1.52. The van der Waals surface area contributed by atoms with Crippen LogP contribution in [0, 0.1) is 0 Å². The molecule has 17 heavy (non-hydrogen) atoms. The Morgan fingerprint density at radius 3 is 2.29 bits per heavy atom. The molecule has 1 heterocycles. The van der Waals surface area contributed by atoms with E-state index in [4.69, 9.17) is 0 Å². The Morgan fingerprint density at radius 1 is 1.41 bits per heavy atom. The van der Waals surface area contributed by atoms with Crippen molar-refractivity contribution in [3.63, 3.8) is 0 Å². The molecule has 0 aromatic rings. The van der Waals surface area contributed by atoms with E-state index in [1.807, 2.05) is 0 Å². The van der Waals surface area contributed by atoms with E-state index in [9.17, 15) is 28.0 Å². The summed E-state index contributed by atoms with van der Waals surface area (Å²) in [6.45, 7) is -0.499. The van der Waals surface area contributed by atoms with Gasteiger partial charge in [0.2, 0.25) is 10.4 Å². The van der Waals surface area contributed by atoms with Crippen molar-refractivity contribution in [3.05, 3.63) is 0 Å². The molecule has 1 fully saturated rings. The molecule has 88 valence electrons. The second-order valence-electron chi connectivity index (χ2n) is 2.99. The van der Waals surface area contributed by atoms with Crippen molar-refractivity contribution in [2.75, 3.05) is 6.61 Å². The van der Waals surface area contributed by atoms with Gasteiger partial charge in [0.05, 0.1) is 24.8 Å². The van der Waals surface area contributed by atoms with E-state index in [2.05, 4.69) is 8.92 Å². The molecule has 0 aromatic heterocycles. The van der Waals surface area contributed by atoms with E-state index in [1.54, 1.807) is 0 Å². The predicted octanol–water partition coefficient (Wildman–Crippen LogP) is -9.26. The Balaban J connectivity index is 0. The largest absolute Gasteiger partial charge is 1.00 e. The van der Waals surface area contributed by atoms with Crippen LogP contribution in [0.4, 0.5) is 0 Å². The van der Waals surface area contributed by atoms with Crippen LogP contribution in [-0.4, -0.2) is 49.0 Å². The van der Waals surface area contributed by atoms with E-state index < -0.39 is 41.3 Å². The first-order valence-corrected chi connectivity index (χ1v) is 5.27. The molecule has 8 nitrogen and oxygen atoms in total. The van der Waals surface area contributed by atoms with Gasteiger partial charge >= 0.3 is 59.1 Å². The van der Waals surface area contributed by atoms with Gasteiger partial charge in [-0.1, -0.05) is 0 Å². The number of carbonyl (C=O) groups is 1. The van der Waals surface area contributed by atoms with Gasteiger partial charge in [0, 0.05) is 6.42 Å². The number of carboxylic acid groups (broad SMARTS) is 1. The molecule has 3 unspecified atom stereocenters. The van der Waals surface area contributed by atoms with Gasteiger partial charge in [0.1, 0.15) is 6.10 Å². The fourth-order valence-electron chi connectivity index (χ4n) is 1.17. The minimum atomic E-state index is -4.95. The van der Waals surface area contributed by atoms with Crippen molar-refractivity contribution in [3.8, 4) is 0 Å². The zero-order valence-electron chi connectivity index (χ0n) is 9.36. The number of carboxylic acids is 1. The molecule has 0 amide bonds. The minimum absolute atomic E-state index is 0. The van der Waals surface area contributed by atoms with Crippen LogP contribution in [0.1, 0.15) is 6.42 Å². The van der Waals surface area contributed by atoms with E-state index >= 15 is 0 Å². The van der Waals surface area contributed by atoms with E-state index in [1.165, 1.54) is 0 Å². The third-order valence-electron chi connectivity index (χ3n) is 1.85. The average molecular weight is 286 g/mol. The van der Waals surface area contributed by atoms with Crippen molar-refractivity contribution in [1.82, 2.24) is 0 Å². The summed E-state index contributed by atoms with van der Waals surface area (Å²) in [5.41, 5.74) is 0. The van der Waals surface area contributed by atoms with Crippen LogP contribution in [0.2, 0.25) is 0 Å². The quantitative estimate of drug-likeness (QED) is 0.307. The van der Waals surface area contributed by atoms with Crippen molar-refractivity contribution in [1.29, 1.82) is 0 Å². The molecule has 1 saturated heterocycles. The minimum Gasteiger partial charge on any atom is -0.726 e.